The summed E-state index contributed by atoms with van der Waals surface area (Å²) in [7, 11) is 0. The van der Waals surface area contributed by atoms with E-state index in [1.54, 1.807) is 140 Å². The molecule has 8 aromatic heterocycles. The minimum absolute atomic E-state index is 0.000575. The summed E-state index contributed by atoms with van der Waals surface area (Å²) in [6.45, 7) is 14.1. The zero-order valence-corrected chi connectivity index (χ0v) is 74.6. The Labute approximate surface area is 752 Å². The van der Waals surface area contributed by atoms with Crippen molar-refractivity contribution in [1.82, 2.24) is 19.9 Å². The van der Waals surface area contributed by atoms with Crippen LogP contribution in [0.5, 0.6) is 0 Å². The summed E-state index contributed by atoms with van der Waals surface area (Å²) >= 11 is 3.97. The molecule has 8 nitrogen and oxygen atoms in total. The van der Waals surface area contributed by atoms with Crippen molar-refractivity contribution in [3.63, 3.8) is 0 Å². The number of aliphatic imine (C=N–C) groups is 4. The molecule has 0 unspecified atom stereocenters. The van der Waals surface area contributed by atoms with Crippen molar-refractivity contribution >= 4 is 113 Å². The Morgan fingerprint density at radius 1 is 0.220 bits per heavy atom. The number of H-pyrrole nitrogens is 4. The Kier molecular flexibility index (Phi) is 24.4. The number of allylic oxidation sites excluding steroid dienone is 4. The number of thiophene rings is 4. The van der Waals surface area contributed by atoms with Gasteiger partial charge in [0.2, 0.25) is 23.3 Å². The Balaban J connectivity index is 1.13. The van der Waals surface area contributed by atoms with Gasteiger partial charge in [0.15, 0.2) is 93.1 Å². The van der Waals surface area contributed by atoms with Gasteiger partial charge in [-0.15, -0.1) is 45.3 Å². The van der Waals surface area contributed by atoms with Crippen LogP contribution in [0.25, 0.3) is 56.2 Å². The lowest BCUT2D eigenvalue weighted by molar-refractivity contribution is 0.376. The van der Waals surface area contributed by atoms with E-state index < -0.39 is 161 Å². The minimum atomic E-state index is -2.52. The van der Waals surface area contributed by atoms with E-state index in [0.29, 0.717) is 54.9 Å². The number of aryl methyl sites for hydroxylation is 2. The second kappa shape index (κ2) is 35.5. The van der Waals surface area contributed by atoms with Gasteiger partial charge in [-0.3, -0.25) is 0 Å². The summed E-state index contributed by atoms with van der Waals surface area (Å²) in [5, 5.41) is -0.431. The Morgan fingerprint density at radius 3 is 0.674 bits per heavy atom. The number of aromatic amines is 4. The molecule has 0 spiro atoms. The maximum absolute atomic E-state index is 18.1. The summed E-state index contributed by atoms with van der Waals surface area (Å²) in [6, 6.07) is 16.0. The summed E-state index contributed by atoms with van der Waals surface area (Å²) < 4.78 is 338. The summed E-state index contributed by atoms with van der Waals surface area (Å²) in [5.41, 5.74) is -7.12. The normalized spacial score (nSPS) is 14.8. The van der Waals surface area contributed by atoms with Crippen LogP contribution >= 0.6 is 45.3 Å². The fourth-order valence-corrected chi connectivity index (χ4v) is 22.1. The fraction of sp³-hybridized carbons (Fsp3) is 0.240. The summed E-state index contributed by atoms with van der Waals surface area (Å²) in [6.07, 6.45) is 8.15. The van der Waals surface area contributed by atoms with Gasteiger partial charge in [0.1, 0.15) is 0 Å². The minimum Gasteiger partial charge on any atom is -0.354 e. The average molecular weight is 1900 g/mol. The highest BCUT2D eigenvalue weighted by atomic mass is 32.1. The molecule has 0 amide bonds. The predicted octanol–water partition coefficient (Wildman–Crippen LogP) is 22.0. The maximum Gasteiger partial charge on any atom is 0.200 e. The molecule has 32 heteroatoms. The second-order valence-electron chi connectivity index (χ2n) is 32.6. The van der Waals surface area contributed by atoms with Gasteiger partial charge in [-0.2, -0.15) is 0 Å². The van der Waals surface area contributed by atoms with Crippen LogP contribution in [0.4, 0.5) is 87.8 Å². The van der Waals surface area contributed by atoms with E-state index in [4.69, 9.17) is 20.0 Å². The van der Waals surface area contributed by atoms with Crippen molar-refractivity contribution in [3.8, 4) is 11.1 Å². The van der Waals surface area contributed by atoms with E-state index in [0.717, 1.165) is 45.3 Å². The van der Waals surface area contributed by atoms with E-state index >= 15 is 87.8 Å². The molecular formula is C100H74F20N8S4. The number of halogens is 20. The fourth-order valence-electron chi connectivity index (χ4n) is 18.3. The first-order chi connectivity index (χ1) is 63.4. The third-order valence-corrected chi connectivity index (χ3v) is 28.5. The number of aromatic nitrogens is 4. The molecule has 0 saturated heterocycles. The quantitative estimate of drug-likeness (QED) is 0.0312. The Hall–Kier alpha value is -12.0. The molecule has 24 bridgehead atoms. The standard InChI is InChI=1S/C100H74F20N8S4/c1-9-17-39-33-47-53-25-27-55(129-53)49-37-43(21-13-5)95(125-49)69(65-75(105)83(113)89(119)84(114)76(65)106)97-45(23-15-7)61(99(127-97)59-31-29-57(131-59)51-35-41(19-11-3)93(123-51)67(91(39)121-47)63-71(101)79(109)87(117)80(110)72(63)102)62-46(24-16-8)98-70(66-77(107)85(115)90(120)86(116)78(66)108)96-44(22-14-6)38-50(126-96)56-28-26-54(130-56)48-34-40(18-10-2)92(122-48)68(64-73(103)81(111)88(118)82(112)74(64)104)94-42(20-12-4)36-52(124-94)58-30-32-60(132-58)100(62)128-98/h25-38,121-122,127-128H,9-24H2,1-8H3. The van der Waals surface area contributed by atoms with Gasteiger partial charge in [-0.25, -0.2) is 108 Å². The number of nitrogens with one attached hydrogen (secondary N) is 4. The van der Waals surface area contributed by atoms with Crippen LogP contribution in [0.1, 0.15) is 177 Å². The van der Waals surface area contributed by atoms with Crippen LogP contribution in [0, 0.1) is 156 Å². The third-order valence-electron chi connectivity index (χ3n) is 24.0. The van der Waals surface area contributed by atoms with Crippen LogP contribution in [0.3, 0.4) is 0 Å². The van der Waals surface area contributed by atoms with Gasteiger partial charge in [0, 0.05) is 33.4 Å². The van der Waals surface area contributed by atoms with Gasteiger partial charge in [-0.05, 0) is 181 Å². The molecule has 0 atom stereocenters. The SMILES string of the molecule is CCCC1=CC2=c3ccc(s3)=c3[nH]c(c(CCC)c3-c3c(CCC)c4[nH]c3=c3ccc(s3)=C3C=C(CCC)C(=N3)C(c3c(F)c(F)c(F)c(F)c3F)=c3[nH]c(cc3CCC)=c3ccc(s3)=C3C=C(CCC)C(=N3)C=4c3c(F)c(F)c(F)c(F)c3F)=C(c3c(F)c(F)c(F)c(F)c3F)C3=NC(=c4ccc(s4)=c4cc(CCC)c([nH]4)=C(c4c(F)c(F)c(F)c(F)c4F)C1=N2)C=C3CCC. The van der Waals surface area contributed by atoms with Gasteiger partial charge in [0.25, 0.3) is 0 Å². The number of hydrogen-bond acceptors (Lipinski definition) is 8. The topological polar surface area (TPSA) is 113 Å². The van der Waals surface area contributed by atoms with E-state index in [1.807, 2.05) is 0 Å². The van der Waals surface area contributed by atoms with Crippen LogP contribution in [0.2, 0.25) is 0 Å². The summed E-state index contributed by atoms with van der Waals surface area (Å²) in [4.78, 5) is 34.0. The van der Waals surface area contributed by atoms with Gasteiger partial charge >= 0.3 is 0 Å². The zero-order valence-electron chi connectivity index (χ0n) is 71.4. The maximum atomic E-state index is 18.1. The molecule has 678 valence electrons. The molecule has 0 saturated carbocycles. The van der Waals surface area contributed by atoms with Crippen molar-refractivity contribution in [2.24, 2.45) is 20.0 Å². The van der Waals surface area contributed by atoms with Crippen molar-refractivity contribution < 1.29 is 87.8 Å². The molecular weight excluding hydrogens is 1820 g/mol. The number of fused-ring (bicyclic) bond motifs is 20. The van der Waals surface area contributed by atoms with E-state index in [2.05, 4.69) is 19.9 Å². The molecule has 132 heavy (non-hydrogen) atoms. The lowest BCUT2D eigenvalue weighted by Gasteiger charge is -2.16. The van der Waals surface area contributed by atoms with Crippen molar-refractivity contribution in [3.05, 3.63) is 347 Å². The van der Waals surface area contributed by atoms with Crippen LogP contribution in [-0.4, -0.2) is 42.8 Å². The molecule has 0 aliphatic carbocycles. The number of nitrogens with zero attached hydrogens (tertiary/aromatic N) is 4. The van der Waals surface area contributed by atoms with E-state index in [-0.39, 0.29) is 228 Å². The van der Waals surface area contributed by atoms with Gasteiger partial charge in [0.05, 0.1) is 147 Å². The average Bonchev–Trinajstić information content (AvgIpc) is 1.55. The zero-order chi connectivity index (χ0) is 93.5. The molecule has 14 heterocycles. The van der Waals surface area contributed by atoms with Crippen molar-refractivity contribution in [1.29, 1.82) is 0 Å². The van der Waals surface area contributed by atoms with Gasteiger partial charge < -0.3 is 19.9 Å². The highest BCUT2D eigenvalue weighted by Gasteiger charge is 2.41. The highest BCUT2D eigenvalue weighted by Crippen LogP contribution is 2.43. The third kappa shape index (κ3) is 14.7. The molecule has 12 aromatic rings. The molecule has 6 aliphatic rings. The number of hydrogen-bond donors (Lipinski definition) is 4. The predicted molar refractivity (Wildman–Crippen MR) is 473 cm³/mol. The van der Waals surface area contributed by atoms with Crippen LogP contribution in [-0.2, 0) is 25.7 Å². The van der Waals surface area contributed by atoms with Crippen molar-refractivity contribution in [2.45, 2.75) is 158 Å². The molecule has 4 aromatic carbocycles. The smallest absolute Gasteiger partial charge is 0.200 e. The molecule has 0 fully saturated rings. The monoisotopic (exact) mass is 1890 g/mol. The molecule has 4 N–H and O–H groups in total. The largest absolute Gasteiger partial charge is 0.354 e. The first kappa shape index (κ1) is 90.5. The second-order valence-corrected chi connectivity index (χ2v) is 37.0. The lowest BCUT2D eigenvalue weighted by atomic mass is 9.88. The highest BCUT2D eigenvalue weighted by molar-refractivity contribution is 7.09. The van der Waals surface area contributed by atoms with E-state index in [9.17, 15) is 0 Å². The van der Waals surface area contributed by atoms with E-state index in [1.165, 1.54) is 0 Å². The molecule has 18 rings (SSSR count). The Morgan fingerprint density at radius 2 is 0.432 bits per heavy atom. The van der Waals surface area contributed by atoms with Crippen LogP contribution < -0.4 is 39.5 Å². The molecule has 0 radical (unpaired) electrons. The van der Waals surface area contributed by atoms with Crippen molar-refractivity contribution in [2.75, 3.05) is 0 Å². The number of rotatable bonds is 21. The summed E-state index contributed by atoms with van der Waals surface area (Å²) in [5.74, 6) is -46.2. The lowest BCUT2D eigenvalue weighted by Crippen LogP contribution is -2.24. The molecule has 6 aliphatic heterocycles. The first-order valence-electron chi connectivity index (χ1n) is 43.0. The first-order valence-corrected chi connectivity index (χ1v) is 46.3. The Bertz CT molecular complexity index is 7800. The number of benzene rings is 4. The van der Waals surface area contributed by atoms with Crippen LogP contribution in [0.15, 0.2) is 127 Å². The van der Waals surface area contributed by atoms with Gasteiger partial charge in [-0.1, -0.05) is 107 Å².